The largest absolute Gasteiger partial charge is 0.480 e. The zero-order chi connectivity index (χ0) is 6.85. The van der Waals surface area contributed by atoms with Gasteiger partial charge in [-0.05, 0) is 0 Å². The number of nitrogens with one attached hydrogen (secondary N) is 1. The van der Waals surface area contributed by atoms with E-state index in [4.69, 9.17) is 5.11 Å². The molecule has 9 heavy (non-hydrogen) atoms. The first kappa shape index (κ1) is 6.48. The smallest absolute Gasteiger partial charge is 0.327 e. The highest BCUT2D eigenvalue weighted by Crippen LogP contribution is 2.19. The van der Waals surface area contributed by atoms with E-state index < -0.39 is 12.0 Å². The van der Waals surface area contributed by atoms with Crippen LogP contribution in [0.15, 0.2) is 11.6 Å². The number of thioether (sulfide) groups is 1. The molecule has 0 unspecified atom stereocenters. The number of carboxylic acids is 1. The van der Waals surface area contributed by atoms with E-state index in [1.165, 1.54) is 11.8 Å². The Kier molecular flexibility index (Phi) is 1.66. The average molecular weight is 145 g/mol. The summed E-state index contributed by atoms with van der Waals surface area (Å²) in [5.74, 6) is -0.213. The van der Waals surface area contributed by atoms with Gasteiger partial charge in [-0.15, -0.1) is 11.8 Å². The molecule has 0 aliphatic carbocycles. The van der Waals surface area contributed by atoms with Crippen LogP contribution in [-0.4, -0.2) is 22.9 Å². The fourth-order valence-corrected chi connectivity index (χ4v) is 1.41. The molecular formula is C5H7NO2S. The van der Waals surface area contributed by atoms with Gasteiger partial charge in [0.1, 0.15) is 6.04 Å². The summed E-state index contributed by atoms with van der Waals surface area (Å²) in [5, 5.41) is 11.9. The van der Waals surface area contributed by atoms with Gasteiger partial charge in [0.25, 0.3) is 0 Å². The lowest BCUT2D eigenvalue weighted by Gasteiger charge is -2.00. The molecule has 0 saturated carbocycles. The van der Waals surface area contributed by atoms with Gasteiger partial charge in [0.05, 0.1) is 5.03 Å². The molecule has 0 spiro atoms. The Balaban J connectivity index is 2.48. The van der Waals surface area contributed by atoms with Crippen LogP contribution in [0, 0.1) is 0 Å². The summed E-state index contributed by atoms with van der Waals surface area (Å²) >= 11 is 1.45. The second kappa shape index (κ2) is 2.31. The van der Waals surface area contributed by atoms with Gasteiger partial charge in [-0.3, -0.25) is 0 Å². The number of carboxylic acid groups (broad SMARTS) is 1. The topological polar surface area (TPSA) is 49.3 Å². The SMILES string of the molecule is C=C1N[C@@H](C(=O)O)CS1. The normalized spacial score (nSPS) is 25.8. The third-order valence-electron chi connectivity index (χ3n) is 1.06. The summed E-state index contributed by atoms with van der Waals surface area (Å²) in [4.78, 5) is 10.2. The highest BCUT2D eigenvalue weighted by molar-refractivity contribution is 8.03. The average Bonchev–Trinajstić information content (AvgIpc) is 2.14. The predicted octanol–water partition coefficient (Wildman–Crippen LogP) is 0.247. The fourth-order valence-electron chi connectivity index (χ4n) is 0.595. The minimum atomic E-state index is -0.804. The van der Waals surface area contributed by atoms with E-state index in [1.807, 2.05) is 0 Å². The summed E-state index contributed by atoms with van der Waals surface area (Å²) in [7, 11) is 0. The molecule has 50 valence electrons. The first-order chi connectivity index (χ1) is 4.20. The molecule has 4 heteroatoms. The van der Waals surface area contributed by atoms with Crippen LogP contribution >= 0.6 is 11.8 Å². The quantitative estimate of drug-likeness (QED) is 0.555. The molecule has 1 saturated heterocycles. The van der Waals surface area contributed by atoms with Crippen molar-refractivity contribution in [2.45, 2.75) is 6.04 Å². The fraction of sp³-hybridized carbons (Fsp3) is 0.400. The molecule has 1 rings (SSSR count). The molecule has 1 aliphatic rings. The molecule has 0 amide bonds. The minimum Gasteiger partial charge on any atom is -0.480 e. The number of hydrogen-bond acceptors (Lipinski definition) is 3. The minimum absolute atomic E-state index is 0.428. The third-order valence-corrected chi connectivity index (χ3v) is 2.02. The van der Waals surface area contributed by atoms with E-state index in [-0.39, 0.29) is 0 Å². The number of carbonyl (C=O) groups is 1. The lowest BCUT2D eigenvalue weighted by atomic mass is 10.3. The number of rotatable bonds is 1. The van der Waals surface area contributed by atoms with Crippen molar-refractivity contribution in [2.75, 3.05) is 5.75 Å². The Bertz CT molecular complexity index is 157. The molecule has 0 aromatic rings. The second-order valence-electron chi connectivity index (χ2n) is 1.77. The van der Waals surface area contributed by atoms with Gasteiger partial charge in [-0.2, -0.15) is 0 Å². The molecular weight excluding hydrogens is 138 g/mol. The molecule has 0 aromatic carbocycles. The Morgan fingerprint density at radius 2 is 2.67 bits per heavy atom. The van der Waals surface area contributed by atoms with Gasteiger partial charge in [0, 0.05) is 5.75 Å². The summed E-state index contributed by atoms with van der Waals surface area (Å²) in [6.07, 6.45) is 0. The Morgan fingerprint density at radius 1 is 2.00 bits per heavy atom. The molecule has 1 atom stereocenters. The maximum Gasteiger partial charge on any atom is 0.327 e. The third kappa shape index (κ3) is 1.38. The van der Waals surface area contributed by atoms with Gasteiger partial charge in [0.15, 0.2) is 0 Å². The molecule has 1 heterocycles. The van der Waals surface area contributed by atoms with Crippen molar-refractivity contribution < 1.29 is 9.90 Å². The summed E-state index contributed by atoms with van der Waals surface area (Å²) < 4.78 is 0. The summed E-state index contributed by atoms with van der Waals surface area (Å²) in [5.41, 5.74) is 0. The van der Waals surface area contributed by atoms with Crippen molar-refractivity contribution in [2.24, 2.45) is 0 Å². The molecule has 0 radical (unpaired) electrons. The maximum absolute atomic E-state index is 10.2. The monoisotopic (exact) mass is 145 g/mol. The van der Waals surface area contributed by atoms with E-state index in [1.54, 1.807) is 0 Å². The lowest BCUT2D eigenvalue weighted by molar-refractivity contribution is -0.138. The highest BCUT2D eigenvalue weighted by atomic mass is 32.2. The number of hydrogen-bond donors (Lipinski definition) is 2. The van der Waals surface area contributed by atoms with Gasteiger partial charge in [0.2, 0.25) is 0 Å². The van der Waals surface area contributed by atoms with Crippen molar-refractivity contribution in [3.8, 4) is 0 Å². The van der Waals surface area contributed by atoms with Gasteiger partial charge in [-0.1, -0.05) is 6.58 Å². The van der Waals surface area contributed by atoms with Crippen molar-refractivity contribution >= 4 is 17.7 Å². The second-order valence-corrected chi connectivity index (χ2v) is 2.88. The standard InChI is InChI=1S/C5H7NO2S/c1-3-6-4(2-9-3)5(7)8/h4,6H,1-2H2,(H,7,8)/t4-/m1/s1. The van der Waals surface area contributed by atoms with Crippen molar-refractivity contribution in [3.05, 3.63) is 11.6 Å². The van der Waals surface area contributed by atoms with E-state index in [9.17, 15) is 4.79 Å². The Morgan fingerprint density at radius 3 is 2.89 bits per heavy atom. The van der Waals surface area contributed by atoms with Crippen LogP contribution < -0.4 is 5.32 Å². The first-order valence-corrected chi connectivity index (χ1v) is 3.50. The van der Waals surface area contributed by atoms with Crippen LogP contribution in [0.5, 0.6) is 0 Å². The Hall–Kier alpha value is -0.640. The van der Waals surface area contributed by atoms with Gasteiger partial charge in [-0.25, -0.2) is 4.79 Å². The zero-order valence-corrected chi connectivity index (χ0v) is 5.57. The molecule has 1 fully saturated rings. The van der Waals surface area contributed by atoms with Crippen molar-refractivity contribution in [1.82, 2.24) is 5.32 Å². The number of aliphatic carboxylic acids is 1. The molecule has 0 aromatic heterocycles. The van der Waals surface area contributed by atoms with Crippen molar-refractivity contribution in [1.29, 1.82) is 0 Å². The first-order valence-electron chi connectivity index (χ1n) is 2.51. The van der Waals surface area contributed by atoms with Gasteiger partial charge < -0.3 is 10.4 Å². The zero-order valence-electron chi connectivity index (χ0n) is 4.76. The van der Waals surface area contributed by atoms with Crippen LogP contribution in [0.3, 0.4) is 0 Å². The highest BCUT2D eigenvalue weighted by Gasteiger charge is 2.23. The molecule has 1 aliphatic heterocycles. The summed E-state index contributed by atoms with van der Waals surface area (Å²) in [6, 6.07) is -0.428. The van der Waals surface area contributed by atoms with E-state index >= 15 is 0 Å². The van der Waals surface area contributed by atoms with Crippen LogP contribution in [0.25, 0.3) is 0 Å². The van der Waals surface area contributed by atoms with E-state index in [2.05, 4.69) is 11.9 Å². The molecule has 0 bridgehead atoms. The Labute approximate surface area is 57.1 Å². The van der Waals surface area contributed by atoms with Crippen LogP contribution in [0.4, 0.5) is 0 Å². The molecule has 3 nitrogen and oxygen atoms in total. The predicted molar refractivity (Wildman–Crippen MR) is 36.2 cm³/mol. The van der Waals surface area contributed by atoms with Crippen LogP contribution in [-0.2, 0) is 4.79 Å². The van der Waals surface area contributed by atoms with Crippen LogP contribution in [0.2, 0.25) is 0 Å². The maximum atomic E-state index is 10.2. The summed E-state index contributed by atoms with van der Waals surface area (Å²) in [6.45, 7) is 3.58. The van der Waals surface area contributed by atoms with Crippen molar-refractivity contribution in [3.63, 3.8) is 0 Å². The van der Waals surface area contributed by atoms with E-state index in [0.717, 1.165) is 5.03 Å². The van der Waals surface area contributed by atoms with E-state index in [0.29, 0.717) is 5.75 Å². The lowest BCUT2D eigenvalue weighted by Crippen LogP contribution is -2.31. The van der Waals surface area contributed by atoms with Gasteiger partial charge >= 0.3 is 5.97 Å². The molecule has 2 N–H and O–H groups in total. The van der Waals surface area contributed by atoms with Crippen LogP contribution in [0.1, 0.15) is 0 Å².